The number of aromatic nitrogens is 3. The maximum absolute atomic E-state index is 12.2. The summed E-state index contributed by atoms with van der Waals surface area (Å²) in [4.78, 5) is 30.1. The van der Waals surface area contributed by atoms with Crippen LogP contribution in [0.5, 0.6) is 0 Å². The fraction of sp³-hybridized carbons (Fsp3) is 0. The largest absolute Gasteiger partial charge is 0.349 e. The number of pyridine rings is 1. The summed E-state index contributed by atoms with van der Waals surface area (Å²) >= 11 is 12.4. The first-order valence-electron chi connectivity index (χ1n) is 7.05. The molecule has 0 saturated carbocycles. The van der Waals surface area contributed by atoms with E-state index in [1.807, 2.05) is 12.1 Å². The van der Waals surface area contributed by atoms with Crippen LogP contribution in [0.2, 0.25) is 10.0 Å². The van der Waals surface area contributed by atoms with Crippen LogP contribution in [0, 0.1) is 0 Å². The molecule has 0 amide bonds. The molecule has 7 heteroatoms. The van der Waals surface area contributed by atoms with Crippen LogP contribution in [0.1, 0.15) is 0 Å². The number of aromatic amines is 1. The Kier molecular flexibility index (Phi) is 3.40. The van der Waals surface area contributed by atoms with Crippen molar-refractivity contribution in [2.75, 3.05) is 0 Å². The maximum Gasteiger partial charge on any atom is 0.349 e. The Morgan fingerprint density at radius 2 is 1.79 bits per heavy atom. The molecule has 2 aromatic carbocycles. The highest BCUT2D eigenvalue weighted by molar-refractivity contribution is 6.35. The standard InChI is InChI=1S/C17H9Cl2N3O2/c18-9-3-1-4-10(7-9)22-14-6-2-5-13(19)11(14)8-12-15(22)20-17(24)21-16(12)23/h1-8H,(H,21,23,24). The summed E-state index contributed by atoms with van der Waals surface area (Å²) in [6.45, 7) is 0. The van der Waals surface area contributed by atoms with Gasteiger partial charge in [0.1, 0.15) is 0 Å². The highest BCUT2D eigenvalue weighted by Crippen LogP contribution is 2.32. The molecular weight excluding hydrogens is 349 g/mol. The van der Waals surface area contributed by atoms with Gasteiger partial charge >= 0.3 is 5.69 Å². The molecule has 4 rings (SSSR count). The molecule has 0 atom stereocenters. The van der Waals surface area contributed by atoms with E-state index in [0.717, 1.165) is 5.52 Å². The molecule has 1 N–H and O–H groups in total. The van der Waals surface area contributed by atoms with Gasteiger partial charge in [-0.25, -0.2) is 4.79 Å². The van der Waals surface area contributed by atoms with E-state index in [4.69, 9.17) is 23.2 Å². The van der Waals surface area contributed by atoms with Gasteiger partial charge in [-0.3, -0.25) is 14.3 Å². The highest BCUT2D eigenvalue weighted by Gasteiger charge is 2.19. The second kappa shape index (κ2) is 5.47. The summed E-state index contributed by atoms with van der Waals surface area (Å²) in [7, 11) is 0. The summed E-state index contributed by atoms with van der Waals surface area (Å²) < 4.78 is 1.71. The van der Waals surface area contributed by atoms with Crippen LogP contribution in [-0.4, -0.2) is 14.5 Å². The maximum atomic E-state index is 12.2. The minimum atomic E-state index is -0.704. The number of nitrogens with one attached hydrogen (secondary N) is 1. The van der Waals surface area contributed by atoms with Gasteiger partial charge in [0, 0.05) is 21.1 Å². The zero-order valence-corrected chi connectivity index (χ0v) is 13.6. The Morgan fingerprint density at radius 1 is 1.00 bits per heavy atom. The van der Waals surface area contributed by atoms with Gasteiger partial charge in [-0.15, -0.1) is 0 Å². The van der Waals surface area contributed by atoms with Gasteiger partial charge in [-0.2, -0.15) is 4.98 Å². The summed E-state index contributed by atoms with van der Waals surface area (Å²) in [5.74, 6) is 0.251. The molecule has 24 heavy (non-hydrogen) atoms. The minimum absolute atomic E-state index is 0.251. The van der Waals surface area contributed by atoms with Gasteiger partial charge in [0.15, 0.2) is 5.82 Å². The molecular formula is C17H9Cl2N3O2. The van der Waals surface area contributed by atoms with Crippen molar-refractivity contribution >= 4 is 34.1 Å². The smallest absolute Gasteiger partial charge is 0.294 e. The number of nitrogens with zero attached hydrogens (tertiary/aromatic N) is 2. The number of H-pyrrole nitrogens is 1. The predicted molar refractivity (Wildman–Crippen MR) is 94.6 cm³/mol. The lowest BCUT2D eigenvalue weighted by Gasteiger charge is -2.18. The first kappa shape index (κ1) is 14.9. The van der Waals surface area contributed by atoms with Crippen molar-refractivity contribution in [3.8, 4) is 17.1 Å². The van der Waals surface area contributed by atoms with Crippen LogP contribution < -0.4 is 11.2 Å². The lowest BCUT2D eigenvalue weighted by molar-refractivity contribution is 0.960. The third kappa shape index (κ3) is 2.29. The van der Waals surface area contributed by atoms with Gasteiger partial charge in [0.25, 0.3) is 5.56 Å². The normalized spacial score (nSPS) is 11.2. The molecule has 2 aliphatic rings. The number of hydrogen-bond donors (Lipinski definition) is 1. The van der Waals surface area contributed by atoms with E-state index in [1.54, 1.807) is 41.0 Å². The monoisotopic (exact) mass is 357 g/mol. The zero-order chi connectivity index (χ0) is 16.8. The lowest BCUT2D eigenvalue weighted by atomic mass is 10.1. The van der Waals surface area contributed by atoms with E-state index in [1.165, 1.54) is 0 Å². The van der Waals surface area contributed by atoms with Crippen molar-refractivity contribution in [3.63, 3.8) is 0 Å². The minimum Gasteiger partial charge on any atom is -0.294 e. The molecule has 2 aromatic rings. The van der Waals surface area contributed by atoms with Crippen LogP contribution in [0.4, 0.5) is 0 Å². The van der Waals surface area contributed by atoms with Crippen molar-refractivity contribution in [1.29, 1.82) is 0 Å². The Balaban J connectivity index is 2.29. The Bertz CT molecular complexity index is 1180. The molecule has 2 aliphatic heterocycles. The Labute approximate surface area is 145 Å². The SMILES string of the molecule is O=c1nc2n(-c3cccc(Cl)c3)c3cccc(Cl)c3cc-2c(=O)[nH]1. The average Bonchev–Trinajstić information content (AvgIpc) is 2.53. The fourth-order valence-corrected chi connectivity index (χ4v) is 3.16. The van der Waals surface area contributed by atoms with E-state index in [2.05, 4.69) is 9.97 Å². The Morgan fingerprint density at radius 3 is 2.58 bits per heavy atom. The van der Waals surface area contributed by atoms with Crippen LogP contribution in [0.25, 0.3) is 28.0 Å². The first-order valence-corrected chi connectivity index (χ1v) is 7.80. The molecule has 2 heterocycles. The molecule has 0 aromatic heterocycles. The van der Waals surface area contributed by atoms with Crippen LogP contribution in [-0.2, 0) is 0 Å². The van der Waals surface area contributed by atoms with Crippen molar-refractivity contribution < 1.29 is 0 Å². The average molecular weight is 358 g/mol. The second-order valence-electron chi connectivity index (χ2n) is 5.24. The molecule has 0 fully saturated rings. The predicted octanol–water partition coefficient (Wildman–Crippen LogP) is 3.49. The Hall–Kier alpha value is -2.63. The topological polar surface area (TPSA) is 67.8 Å². The summed E-state index contributed by atoms with van der Waals surface area (Å²) in [5.41, 5.74) is 0.454. The summed E-state index contributed by atoms with van der Waals surface area (Å²) in [5, 5.41) is 1.70. The fourth-order valence-electron chi connectivity index (χ4n) is 2.75. The van der Waals surface area contributed by atoms with Crippen molar-refractivity contribution in [3.05, 3.63) is 79.4 Å². The third-order valence-corrected chi connectivity index (χ3v) is 4.32. The van der Waals surface area contributed by atoms with Gasteiger partial charge in [0.05, 0.1) is 11.1 Å². The lowest BCUT2D eigenvalue weighted by Crippen LogP contribution is -2.27. The summed E-state index contributed by atoms with van der Waals surface area (Å²) in [6, 6.07) is 14.1. The van der Waals surface area contributed by atoms with Crippen LogP contribution in [0.3, 0.4) is 0 Å². The van der Waals surface area contributed by atoms with Crippen molar-refractivity contribution in [2.24, 2.45) is 0 Å². The number of benzene rings is 2. The quantitative estimate of drug-likeness (QED) is 0.530. The van der Waals surface area contributed by atoms with Crippen LogP contribution >= 0.6 is 23.2 Å². The zero-order valence-electron chi connectivity index (χ0n) is 12.1. The molecule has 118 valence electrons. The molecule has 5 nitrogen and oxygen atoms in total. The van der Waals surface area contributed by atoms with Crippen molar-refractivity contribution in [1.82, 2.24) is 14.5 Å². The second-order valence-corrected chi connectivity index (χ2v) is 6.08. The number of rotatable bonds is 1. The first-order chi connectivity index (χ1) is 11.5. The molecule has 0 bridgehead atoms. The number of halogens is 2. The number of fused-ring (bicyclic) bond motifs is 2. The van der Waals surface area contributed by atoms with E-state index in [0.29, 0.717) is 21.1 Å². The van der Waals surface area contributed by atoms with Gasteiger partial charge < -0.3 is 0 Å². The molecule has 0 unspecified atom stereocenters. The van der Waals surface area contributed by atoms with Gasteiger partial charge in [-0.1, -0.05) is 35.3 Å². The highest BCUT2D eigenvalue weighted by atomic mass is 35.5. The third-order valence-electron chi connectivity index (χ3n) is 3.75. The molecule has 0 saturated heterocycles. The number of hydrogen-bond acceptors (Lipinski definition) is 3. The summed E-state index contributed by atoms with van der Waals surface area (Å²) in [6.07, 6.45) is 0. The van der Waals surface area contributed by atoms with E-state index in [-0.39, 0.29) is 11.4 Å². The molecule has 0 radical (unpaired) electrons. The van der Waals surface area contributed by atoms with E-state index < -0.39 is 11.2 Å². The van der Waals surface area contributed by atoms with Gasteiger partial charge in [0.2, 0.25) is 0 Å². The molecule has 0 aliphatic carbocycles. The van der Waals surface area contributed by atoms with Crippen LogP contribution in [0.15, 0.2) is 58.1 Å². The van der Waals surface area contributed by atoms with E-state index in [9.17, 15) is 9.59 Å². The molecule has 0 spiro atoms. The van der Waals surface area contributed by atoms with E-state index >= 15 is 0 Å². The van der Waals surface area contributed by atoms with Crippen molar-refractivity contribution in [2.45, 2.75) is 0 Å². The van der Waals surface area contributed by atoms with Gasteiger partial charge in [-0.05, 0) is 36.4 Å².